The highest BCUT2D eigenvalue weighted by atomic mass is 32.2. The number of pyridine rings is 1. The first-order chi connectivity index (χ1) is 19.7. The highest BCUT2D eigenvalue weighted by Crippen LogP contribution is 2.42. The van der Waals surface area contributed by atoms with Crippen LogP contribution in [-0.4, -0.2) is 30.1 Å². The number of aromatic nitrogens is 1. The van der Waals surface area contributed by atoms with Crippen molar-refractivity contribution in [1.29, 1.82) is 0 Å². The largest absolute Gasteiger partial charge is 0.512 e. The molecule has 8 heteroatoms. The Balaban J connectivity index is 1.60. The number of nitrogens with zero attached hydrogens (tertiary/aromatic N) is 1. The van der Waals surface area contributed by atoms with Crippen molar-refractivity contribution in [2.24, 2.45) is 0 Å². The molecular formula is C33H40N2O5S. The fourth-order valence-corrected chi connectivity index (χ4v) is 6.58. The lowest BCUT2D eigenvalue weighted by molar-refractivity contribution is -0.161. The van der Waals surface area contributed by atoms with Gasteiger partial charge in [-0.25, -0.2) is 9.78 Å². The third-order valence-corrected chi connectivity index (χ3v) is 8.99. The first kappa shape index (κ1) is 30.3. The van der Waals surface area contributed by atoms with E-state index in [0.717, 1.165) is 42.4 Å². The van der Waals surface area contributed by atoms with E-state index in [9.17, 15) is 18.3 Å². The number of aliphatic hydroxyl groups is 1. The van der Waals surface area contributed by atoms with Gasteiger partial charge in [0.25, 0.3) is 10.0 Å². The number of carbonyl (C=O) groups excluding carboxylic acids is 1. The maximum absolute atomic E-state index is 13.6. The molecule has 4 rings (SSSR count). The van der Waals surface area contributed by atoms with Crippen LogP contribution in [0.25, 0.3) is 0 Å². The molecule has 218 valence electrons. The molecule has 0 radical (unpaired) electrons. The summed E-state index contributed by atoms with van der Waals surface area (Å²) in [4.78, 5) is 17.7. The summed E-state index contributed by atoms with van der Waals surface area (Å²) < 4.78 is 34.8. The molecular weight excluding hydrogens is 536 g/mol. The number of anilines is 1. The highest BCUT2D eigenvalue weighted by Gasteiger charge is 2.43. The number of benzene rings is 2. The molecule has 0 bridgehead atoms. The van der Waals surface area contributed by atoms with Crippen LogP contribution in [0.2, 0.25) is 0 Å². The van der Waals surface area contributed by atoms with Gasteiger partial charge in [0.2, 0.25) is 0 Å². The van der Waals surface area contributed by atoms with E-state index in [0.29, 0.717) is 24.9 Å². The van der Waals surface area contributed by atoms with Crippen LogP contribution in [0.15, 0.2) is 89.3 Å². The predicted molar refractivity (Wildman–Crippen MR) is 161 cm³/mol. The SMILES string of the molecule is CCC[C@@H](C1=C(O)C[C@@](CCC)(CCc2ccccc2)OC1=O)c1cccc(NS(=O)(=O)c2ccc(CC)cn2)c1. The third kappa shape index (κ3) is 7.36. The van der Waals surface area contributed by atoms with Crippen molar-refractivity contribution < 1.29 is 23.1 Å². The zero-order valence-electron chi connectivity index (χ0n) is 24.1. The fourth-order valence-electron chi connectivity index (χ4n) is 5.60. The van der Waals surface area contributed by atoms with Crippen molar-refractivity contribution in [1.82, 2.24) is 4.98 Å². The molecule has 3 aromatic rings. The van der Waals surface area contributed by atoms with Crippen LogP contribution in [0.3, 0.4) is 0 Å². The van der Waals surface area contributed by atoms with Crippen molar-refractivity contribution in [3.05, 3.63) is 101 Å². The zero-order valence-corrected chi connectivity index (χ0v) is 24.9. The van der Waals surface area contributed by atoms with Gasteiger partial charge in [0.1, 0.15) is 11.4 Å². The van der Waals surface area contributed by atoms with Crippen LogP contribution in [0.1, 0.15) is 81.9 Å². The number of ether oxygens (including phenoxy) is 1. The normalized spacial score (nSPS) is 18.2. The maximum atomic E-state index is 13.6. The summed E-state index contributed by atoms with van der Waals surface area (Å²) in [5.41, 5.74) is 2.69. The van der Waals surface area contributed by atoms with Crippen molar-refractivity contribution in [2.45, 2.75) is 88.7 Å². The molecule has 1 aliphatic heterocycles. The Kier molecular flexibility index (Phi) is 9.86. The van der Waals surface area contributed by atoms with Gasteiger partial charge in [-0.1, -0.05) is 82.1 Å². The minimum atomic E-state index is -3.90. The molecule has 2 heterocycles. The van der Waals surface area contributed by atoms with E-state index in [1.54, 1.807) is 30.5 Å². The number of sulfonamides is 1. The number of aliphatic hydroxyl groups excluding tert-OH is 1. The Morgan fingerprint density at radius 3 is 2.39 bits per heavy atom. The number of esters is 1. The van der Waals surface area contributed by atoms with E-state index in [-0.39, 0.29) is 22.8 Å². The minimum Gasteiger partial charge on any atom is -0.512 e. The molecule has 0 fully saturated rings. The molecule has 2 aromatic carbocycles. The summed E-state index contributed by atoms with van der Waals surface area (Å²) >= 11 is 0. The molecule has 1 aliphatic rings. The second-order valence-electron chi connectivity index (χ2n) is 10.8. The lowest BCUT2D eigenvalue weighted by atomic mass is 9.79. The van der Waals surface area contributed by atoms with Gasteiger partial charge in [-0.15, -0.1) is 0 Å². The van der Waals surface area contributed by atoms with Gasteiger partial charge < -0.3 is 9.84 Å². The van der Waals surface area contributed by atoms with Crippen LogP contribution < -0.4 is 4.72 Å². The molecule has 0 amide bonds. The summed E-state index contributed by atoms with van der Waals surface area (Å²) in [6, 6.07) is 20.3. The summed E-state index contributed by atoms with van der Waals surface area (Å²) in [5, 5.41) is 11.3. The van der Waals surface area contributed by atoms with Crippen LogP contribution >= 0.6 is 0 Å². The summed E-state index contributed by atoms with van der Waals surface area (Å²) in [6.45, 7) is 6.04. The van der Waals surface area contributed by atoms with Crippen molar-refractivity contribution in [3.63, 3.8) is 0 Å². The molecule has 7 nitrogen and oxygen atoms in total. The quantitative estimate of drug-likeness (QED) is 0.208. The number of hydrogen-bond acceptors (Lipinski definition) is 6. The molecule has 2 atom stereocenters. The van der Waals surface area contributed by atoms with E-state index < -0.39 is 27.5 Å². The summed E-state index contributed by atoms with van der Waals surface area (Å²) in [5.74, 6) is -0.875. The maximum Gasteiger partial charge on any atom is 0.338 e. The molecule has 0 aliphatic carbocycles. The topological polar surface area (TPSA) is 106 Å². The number of nitrogens with one attached hydrogen (secondary N) is 1. The first-order valence-electron chi connectivity index (χ1n) is 14.5. The average Bonchev–Trinajstić information content (AvgIpc) is 2.96. The van der Waals surface area contributed by atoms with Gasteiger partial charge in [0.05, 0.1) is 5.57 Å². The Hall–Kier alpha value is -3.65. The standard InChI is InChI=1S/C33H40N2O5S/c1-4-11-28(26-14-10-15-27(21-26)35-41(38,39)30-17-16-24(6-3)23-34-30)31-29(36)22-33(19-5-2,40-32(31)37)20-18-25-12-8-7-9-13-25/h7-10,12-17,21,23,28,35-36H,4-6,11,18-20,22H2,1-3H3/t28-,33-/m1/s1. The van der Waals surface area contributed by atoms with E-state index >= 15 is 0 Å². The molecule has 0 spiro atoms. The molecule has 0 saturated heterocycles. The highest BCUT2D eigenvalue weighted by molar-refractivity contribution is 7.92. The van der Waals surface area contributed by atoms with Crippen LogP contribution in [0.5, 0.6) is 0 Å². The molecule has 1 aromatic heterocycles. The second kappa shape index (κ2) is 13.3. The summed E-state index contributed by atoms with van der Waals surface area (Å²) in [6.07, 6.45) is 6.78. The third-order valence-electron chi connectivity index (χ3n) is 7.70. The Morgan fingerprint density at radius 2 is 1.76 bits per heavy atom. The van der Waals surface area contributed by atoms with E-state index in [1.807, 2.05) is 38.1 Å². The van der Waals surface area contributed by atoms with Gasteiger partial charge in [0.15, 0.2) is 5.03 Å². The van der Waals surface area contributed by atoms with Gasteiger partial charge in [-0.3, -0.25) is 4.72 Å². The minimum absolute atomic E-state index is 0.0624. The Labute approximate surface area is 243 Å². The van der Waals surface area contributed by atoms with E-state index in [2.05, 4.69) is 28.8 Å². The molecule has 0 saturated carbocycles. The fraction of sp³-hybridized carbons (Fsp3) is 0.394. The van der Waals surface area contributed by atoms with E-state index in [4.69, 9.17) is 4.74 Å². The average molecular weight is 577 g/mol. The number of cyclic esters (lactones) is 1. The van der Waals surface area contributed by atoms with Crippen molar-refractivity contribution in [3.8, 4) is 0 Å². The first-order valence-corrected chi connectivity index (χ1v) is 16.0. The van der Waals surface area contributed by atoms with E-state index in [1.165, 1.54) is 6.07 Å². The molecule has 41 heavy (non-hydrogen) atoms. The van der Waals surface area contributed by atoms with Gasteiger partial charge in [-0.2, -0.15) is 8.42 Å². The monoisotopic (exact) mass is 576 g/mol. The van der Waals surface area contributed by atoms with Crippen LogP contribution in [0, 0.1) is 0 Å². The number of hydrogen-bond donors (Lipinski definition) is 2. The predicted octanol–water partition coefficient (Wildman–Crippen LogP) is 7.26. The zero-order chi connectivity index (χ0) is 29.5. The Bertz CT molecular complexity index is 1470. The molecule has 2 N–H and O–H groups in total. The lowest BCUT2D eigenvalue weighted by Gasteiger charge is -2.39. The molecule has 0 unspecified atom stereocenters. The second-order valence-corrected chi connectivity index (χ2v) is 12.4. The van der Waals surface area contributed by atoms with Crippen LogP contribution in [0.4, 0.5) is 5.69 Å². The smallest absolute Gasteiger partial charge is 0.338 e. The number of rotatable bonds is 13. The van der Waals surface area contributed by atoms with Crippen molar-refractivity contribution >= 4 is 21.7 Å². The number of carbonyl (C=O) groups is 1. The number of aryl methyl sites for hydroxylation is 2. The lowest BCUT2D eigenvalue weighted by Crippen LogP contribution is -2.41. The van der Waals surface area contributed by atoms with Crippen LogP contribution in [-0.2, 0) is 32.4 Å². The Morgan fingerprint density at radius 1 is 0.976 bits per heavy atom. The summed E-state index contributed by atoms with van der Waals surface area (Å²) in [7, 11) is -3.90. The van der Waals surface area contributed by atoms with Gasteiger partial charge in [-0.05, 0) is 67.0 Å². The van der Waals surface area contributed by atoms with Gasteiger partial charge in [0, 0.05) is 24.2 Å². The van der Waals surface area contributed by atoms with Crippen molar-refractivity contribution in [2.75, 3.05) is 4.72 Å². The van der Waals surface area contributed by atoms with Gasteiger partial charge >= 0.3 is 5.97 Å².